The van der Waals surface area contributed by atoms with Gasteiger partial charge in [0.15, 0.2) is 0 Å². The van der Waals surface area contributed by atoms with Gasteiger partial charge in [-0.15, -0.1) is 0 Å². The fraction of sp³-hybridized carbons (Fsp3) is 0.385. The van der Waals surface area contributed by atoms with E-state index in [-0.39, 0.29) is 11.8 Å². The van der Waals surface area contributed by atoms with Gasteiger partial charge in [-0.25, -0.2) is 4.98 Å². The van der Waals surface area contributed by atoms with Gasteiger partial charge < -0.3 is 10.1 Å². The van der Waals surface area contributed by atoms with Crippen LogP contribution in [0.2, 0.25) is 0 Å². The topological polar surface area (TPSA) is 66.0 Å². The van der Waals surface area contributed by atoms with Gasteiger partial charge in [0.2, 0.25) is 0 Å². The minimum Gasteiger partial charge on any atom is -0.481 e. The maximum atomic E-state index is 10.9. The van der Waals surface area contributed by atoms with Crippen LogP contribution in [0.15, 0.2) is 24.3 Å². The Morgan fingerprint density at radius 2 is 2.18 bits per heavy atom. The molecule has 2 atom stereocenters. The highest BCUT2D eigenvalue weighted by Crippen LogP contribution is 2.37. The second kappa shape index (κ2) is 3.87. The number of nitrogens with zero attached hydrogens (tertiary/aromatic N) is 1. The number of aromatic amines is 1. The van der Waals surface area contributed by atoms with Crippen LogP contribution in [0.1, 0.15) is 31.0 Å². The zero-order valence-electron chi connectivity index (χ0n) is 9.39. The van der Waals surface area contributed by atoms with Crippen LogP contribution in [0.5, 0.6) is 0 Å². The van der Waals surface area contributed by atoms with Crippen molar-refractivity contribution >= 4 is 17.0 Å². The summed E-state index contributed by atoms with van der Waals surface area (Å²) in [6.07, 6.45) is 2.38. The zero-order chi connectivity index (χ0) is 11.8. The number of aliphatic carboxylic acids is 1. The smallest absolute Gasteiger partial charge is 0.306 e. The van der Waals surface area contributed by atoms with Crippen LogP contribution in [-0.4, -0.2) is 21.0 Å². The van der Waals surface area contributed by atoms with Crippen molar-refractivity contribution in [2.75, 3.05) is 0 Å². The number of para-hydroxylation sites is 2. The molecule has 0 bridgehead atoms. The van der Waals surface area contributed by atoms with Crippen molar-refractivity contribution in [1.82, 2.24) is 9.97 Å². The second-order valence-electron chi connectivity index (χ2n) is 4.68. The van der Waals surface area contributed by atoms with Gasteiger partial charge in [0.05, 0.1) is 17.0 Å². The Bertz CT molecular complexity index is 528. The molecule has 1 aliphatic rings. The van der Waals surface area contributed by atoms with Crippen LogP contribution in [0.4, 0.5) is 0 Å². The van der Waals surface area contributed by atoms with E-state index in [0.29, 0.717) is 6.42 Å². The standard InChI is InChI=1S/C13H14N2O2/c16-13(17)9-6-5-8(7-9)12-14-10-3-1-2-4-11(10)15-12/h1-4,8-9H,5-7H2,(H,14,15)(H,16,17). The molecule has 1 heterocycles. The summed E-state index contributed by atoms with van der Waals surface area (Å²) in [6, 6.07) is 7.90. The zero-order valence-corrected chi connectivity index (χ0v) is 9.39. The molecular weight excluding hydrogens is 216 g/mol. The van der Waals surface area contributed by atoms with E-state index in [1.54, 1.807) is 0 Å². The maximum Gasteiger partial charge on any atom is 0.306 e. The predicted octanol–water partition coefficient (Wildman–Crippen LogP) is 2.53. The average molecular weight is 230 g/mol. The molecule has 4 nitrogen and oxygen atoms in total. The quantitative estimate of drug-likeness (QED) is 0.833. The Balaban J connectivity index is 1.87. The lowest BCUT2D eigenvalue weighted by Crippen LogP contribution is -2.09. The minimum absolute atomic E-state index is 0.201. The number of carboxylic acids is 1. The largest absolute Gasteiger partial charge is 0.481 e. The highest BCUT2D eigenvalue weighted by atomic mass is 16.4. The highest BCUT2D eigenvalue weighted by Gasteiger charge is 2.32. The molecule has 1 fully saturated rings. The van der Waals surface area contributed by atoms with Crippen LogP contribution in [0.25, 0.3) is 11.0 Å². The van der Waals surface area contributed by atoms with Crippen LogP contribution in [0, 0.1) is 5.92 Å². The number of nitrogens with one attached hydrogen (secondary N) is 1. The van der Waals surface area contributed by atoms with E-state index in [2.05, 4.69) is 9.97 Å². The number of carbonyl (C=O) groups is 1. The van der Waals surface area contributed by atoms with Gasteiger partial charge in [-0.3, -0.25) is 4.79 Å². The highest BCUT2D eigenvalue weighted by molar-refractivity contribution is 5.75. The summed E-state index contributed by atoms with van der Waals surface area (Å²) in [6.45, 7) is 0. The van der Waals surface area contributed by atoms with Crippen molar-refractivity contribution in [3.8, 4) is 0 Å². The van der Waals surface area contributed by atoms with Crippen molar-refractivity contribution in [3.05, 3.63) is 30.1 Å². The molecule has 0 amide bonds. The number of hydrogen-bond donors (Lipinski definition) is 2. The Morgan fingerprint density at radius 3 is 2.88 bits per heavy atom. The van der Waals surface area contributed by atoms with Gasteiger partial charge in [0.25, 0.3) is 0 Å². The number of aromatic nitrogens is 2. The molecule has 0 saturated heterocycles. The van der Waals surface area contributed by atoms with E-state index in [9.17, 15) is 4.79 Å². The number of hydrogen-bond acceptors (Lipinski definition) is 2. The van der Waals surface area contributed by atoms with Crippen molar-refractivity contribution in [1.29, 1.82) is 0 Å². The number of imidazole rings is 1. The first kappa shape index (κ1) is 10.3. The van der Waals surface area contributed by atoms with Crippen LogP contribution < -0.4 is 0 Å². The number of fused-ring (bicyclic) bond motifs is 1. The molecule has 1 aromatic carbocycles. The number of carboxylic acid groups (broad SMARTS) is 1. The molecule has 2 N–H and O–H groups in total. The van der Waals surface area contributed by atoms with E-state index in [1.807, 2.05) is 24.3 Å². The lowest BCUT2D eigenvalue weighted by atomic mass is 10.0. The summed E-state index contributed by atoms with van der Waals surface area (Å²) in [5.41, 5.74) is 1.99. The van der Waals surface area contributed by atoms with E-state index in [4.69, 9.17) is 5.11 Å². The molecule has 1 aromatic heterocycles. The first-order chi connectivity index (χ1) is 8.24. The van der Waals surface area contributed by atoms with Crippen LogP contribution >= 0.6 is 0 Å². The van der Waals surface area contributed by atoms with Crippen molar-refractivity contribution in [2.24, 2.45) is 5.92 Å². The summed E-state index contributed by atoms with van der Waals surface area (Å²) in [7, 11) is 0. The molecule has 3 rings (SSSR count). The molecular formula is C13H14N2O2. The monoisotopic (exact) mass is 230 g/mol. The molecule has 2 unspecified atom stereocenters. The lowest BCUT2D eigenvalue weighted by Gasteiger charge is -2.04. The van der Waals surface area contributed by atoms with E-state index in [0.717, 1.165) is 29.7 Å². The Morgan fingerprint density at radius 1 is 1.35 bits per heavy atom. The molecule has 17 heavy (non-hydrogen) atoms. The number of benzene rings is 1. The third kappa shape index (κ3) is 1.79. The van der Waals surface area contributed by atoms with Crippen LogP contribution in [0.3, 0.4) is 0 Å². The lowest BCUT2D eigenvalue weighted by molar-refractivity contribution is -0.141. The van der Waals surface area contributed by atoms with Crippen molar-refractivity contribution in [3.63, 3.8) is 0 Å². The Labute approximate surface area is 98.7 Å². The van der Waals surface area contributed by atoms with Gasteiger partial charge in [0, 0.05) is 5.92 Å². The van der Waals surface area contributed by atoms with E-state index >= 15 is 0 Å². The SMILES string of the molecule is O=C(O)C1CCC(c2nc3ccccc3[nH]2)C1. The second-order valence-corrected chi connectivity index (χ2v) is 4.68. The fourth-order valence-corrected chi connectivity index (χ4v) is 2.62. The molecule has 4 heteroatoms. The van der Waals surface area contributed by atoms with Crippen molar-refractivity contribution in [2.45, 2.75) is 25.2 Å². The Hall–Kier alpha value is -1.84. The van der Waals surface area contributed by atoms with Gasteiger partial charge in [0.1, 0.15) is 5.82 Å². The van der Waals surface area contributed by atoms with Gasteiger partial charge >= 0.3 is 5.97 Å². The summed E-state index contributed by atoms with van der Waals surface area (Å²) < 4.78 is 0. The summed E-state index contributed by atoms with van der Waals surface area (Å²) in [5.74, 6) is 0.329. The van der Waals surface area contributed by atoms with Gasteiger partial charge in [-0.05, 0) is 31.4 Å². The van der Waals surface area contributed by atoms with E-state index < -0.39 is 5.97 Å². The van der Waals surface area contributed by atoms with E-state index in [1.165, 1.54) is 0 Å². The first-order valence-corrected chi connectivity index (χ1v) is 5.91. The molecule has 0 spiro atoms. The normalized spacial score (nSPS) is 24.2. The minimum atomic E-state index is -0.677. The maximum absolute atomic E-state index is 10.9. The molecule has 88 valence electrons. The fourth-order valence-electron chi connectivity index (χ4n) is 2.62. The third-order valence-electron chi connectivity index (χ3n) is 3.58. The molecule has 1 aliphatic carbocycles. The predicted molar refractivity (Wildman–Crippen MR) is 63.8 cm³/mol. The van der Waals surface area contributed by atoms with Crippen LogP contribution in [-0.2, 0) is 4.79 Å². The summed E-state index contributed by atoms with van der Waals surface area (Å²) >= 11 is 0. The van der Waals surface area contributed by atoms with Gasteiger partial charge in [-0.1, -0.05) is 12.1 Å². The summed E-state index contributed by atoms with van der Waals surface area (Å²) in [4.78, 5) is 18.8. The molecule has 0 aliphatic heterocycles. The number of H-pyrrole nitrogens is 1. The summed E-state index contributed by atoms with van der Waals surface area (Å²) in [5, 5.41) is 8.99. The van der Waals surface area contributed by atoms with Gasteiger partial charge in [-0.2, -0.15) is 0 Å². The average Bonchev–Trinajstić information content (AvgIpc) is 2.95. The number of rotatable bonds is 2. The first-order valence-electron chi connectivity index (χ1n) is 5.91. The molecule has 0 radical (unpaired) electrons. The molecule has 2 aromatic rings. The third-order valence-corrected chi connectivity index (χ3v) is 3.58. The Kier molecular flexibility index (Phi) is 2.35. The van der Waals surface area contributed by atoms with Crippen molar-refractivity contribution < 1.29 is 9.90 Å². The molecule has 1 saturated carbocycles.